The Morgan fingerprint density at radius 1 is 1.12 bits per heavy atom. The number of anilines is 2. The predicted octanol–water partition coefficient (Wildman–Crippen LogP) is 4.30. The molecule has 4 rings (SSSR count). The number of benzene rings is 2. The summed E-state index contributed by atoms with van der Waals surface area (Å²) in [5.41, 5.74) is -0.567. The predicted molar refractivity (Wildman–Crippen MR) is 122 cm³/mol. The van der Waals surface area contributed by atoms with Crippen LogP contribution in [0.3, 0.4) is 0 Å². The lowest BCUT2D eigenvalue weighted by atomic mass is 10.2. The second kappa shape index (κ2) is 9.47. The quantitative estimate of drug-likeness (QED) is 0.587. The van der Waals surface area contributed by atoms with Crippen molar-refractivity contribution in [3.8, 4) is 5.69 Å². The molecule has 0 bridgehead atoms. The van der Waals surface area contributed by atoms with Crippen LogP contribution in [0.2, 0.25) is 5.02 Å². The molecule has 0 spiro atoms. The zero-order valence-corrected chi connectivity index (χ0v) is 18.8. The number of nitrogens with zero attached hydrogens (tertiary/aromatic N) is 3. The molecule has 11 heteroatoms. The number of hydrogen-bond acceptors (Lipinski definition) is 5. The van der Waals surface area contributed by atoms with E-state index >= 15 is 0 Å². The van der Waals surface area contributed by atoms with Crippen molar-refractivity contribution < 1.29 is 22.7 Å². The highest BCUT2D eigenvalue weighted by Crippen LogP contribution is 2.31. The van der Waals surface area contributed by atoms with Crippen LogP contribution >= 0.6 is 11.6 Å². The Morgan fingerprint density at radius 3 is 2.56 bits per heavy atom. The van der Waals surface area contributed by atoms with Gasteiger partial charge in [-0.3, -0.25) is 9.59 Å². The fourth-order valence-electron chi connectivity index (χ4n) is 3.65. The van der Waals surface area contributed by atoms with Gasteiger partial charge in [-0.05, 0) is 43.3 Å². The average molecular weight is 493 g/mol. The summed E-state index contributed by atoms with van der Waals surface area (Å²) in [5, 5.41) is 7.14. The number of rotatable bonds is 4. The monoisotopic (exact) mass is 492 g/mol. The first-order valence-electron chi connectivity index (χ1n) is 10.4. The molecular weight excluding hydrogens is 473 g/mol. The third kappa shape index (κ3) is 5.07. The molecule has 0 atom stereocenters. The second-order valence-electron chi connectivity index (χ2n) is 7.67. The first kappa shape index (κ1) is 23.8. The number of carbonyl (C=O) groups excluding carboxylic acids is 1. The molecule has 0 radical (unpaired) electrons. The summed E-state index contributed by atoms with van der Waals surface area (Å²) < 4.78 is 46.0. The Labute approximate surface area is 197 Å². The summed E-state index contributed by atoms with van der Waals surface area (Å²) in [6.07, 6.45) is -4.55. The van der Waals surface area contributed by atoms with Gasteiger partial charge in [0.1, 0.15) is 0 Å². The van der Waals surface area contributed by atoms with Crippen LogP contribution in [0.1, 0.15) is 21.7 Å². The molecule has 1 fully saturated rings. The van der Waals surface area contributed by atoms with Gasteiger partial charge >= 0.3 is 6.18 Å². The molecule has 178 valence electrons. The van der Waals surface area contributed by atoms with Gasteiger partial charge in [-0.15, -0.1) is 0 Å². The minimum Gasteiger partial charge on any atom is -0.378 e. The number of ether oxygens (including phenoxy) is 1. The average Bonchev–Trinajstić information content (AvgIpc) is 2.79. The molecule has 0 aliphatic carbocycles. The fraction of sp³-hybridized carbons (Fsp3) is 0.261. The Hall–Kier alpha value is -3.37. The lowest BCUT2D eigenvalue weighted by Crippen LogP contribution is -2.37. The van der Waals surface area contributed by atoms with Gasteiger partial charge in [-0.1, -0.05) is 17.7 Å². The maximum Gasteiger partial charge on any atom is 0.416 e. The zero-order chi connectivity index (χ0) is 24.5. The molecule has 0 saturated carbocycles. The normalized spacial score (nSPS) is 14.2. The number of nitrogens with one attached hydrogen (secondary N) is 1. The van der Waals surface area contributed by atoms with E-state index in [-0.39, 0.29) is 11.4 Å². The van der Waals surface area contributed by atoms with Crippen LogP contribution in [-0.2, 0) is 10.9 Å². The number of amides is 1. The van der Waals surface area contributed by atoms with Crippen LogP contribution in [0.5, 0.6) is 0 Å². The summed E-state index contributed by atoms with van der Waals surface area (Å²) in [6, 6.07) is 10.6. The number of carbonyl (C=O) groups is 1. The lowest BCUT2D eigenvalue weighted by molar-refractivity contribution is -0.137. The topological polar surface area (TPSA) is 76.5 Å². The molecule has 1 N–H and O–H groups in total. The van der Waals surface area contributed by atoms with Gasteiger partial charge in [0.15, 0.2) is 5.69 Å². The lowest BCUT2D eigenvalue weighted by Gasteiger charge is -2.30. The molecule has 0 unspecified atom stereocenters. The summed E-state index contributed by atoms with van der Waals surface area (Å²) in [6.45, 7) is 3.78. The maximum atomic E-state index is 13.2. The molecule has 1 aliphatic heterocycles. The largest absolute Gasteiger partial charge is 0.416 e. The van der Waals surface area contributed by atoms with E-state index in [2.05, 4.69) is 10.4 Å². The van der Waals surface area contributed by atoms with Crippen molar-refractivity contribution in [2.45, 2.75) is 13.1 Å². The third-order valence-electron chi connectivity index (χ3n) is 5.30. The van der Waals surface area contributed by atoms with Crippen molar-refractivity contribution in [3.05, 3.63) is 80.7 Å². The van der Waals surface area contributed by atoms with E-state index in [1.807, 2.05) is 4.90 Å². The minimum absolute atomic E-state index is 0.0677. The first-order valence-corrected chi connectivity index (χ1v) is 10.7. The van der Waals surface area contributed by atoms with Crippen LogP contribution in [0.4, 0.5) is 24.5 Å². The highest BCUT2D eigenvalue weighted by molar-refractivity contribution is 6.31. The SMILES string of the molecule is Cc1cc(=O)c(C(=O)Nc2cc(Cl)ccc2N2CCOCC2)nn1-c1cccc(C(F)(F)F)c1. The van der Waals surface area contributed by atoms with Crippen molar-refractivity contribution in [1.82, 2.24) is 9.78 Å². The summed E-state index contributed by atoms with van der Waals surface area (Å²) >= 11 is 6.13. The van der Waals surface area contributed by atoms with Gasteiger partial charge in [0.05, 0.1) is 35.8 Å². The van der Waals surface area contributed by atoms with E-state index in [1.54, 1.807) is 18.2 Å². The molecule has 2 aromatic carbocycles. The Kier molecular flexibility index (Phi) is 6.63. The molecule has 1 aromatic heterocycles. The summed E-state index contributed by atoms with van der Waals surface area (Å²) in [7, 11) is 0. The van der Waals surface area contributed by atoms with Crippen LogP contribution in [0.25, 0.3) is 5.69 Å². The number of halogens is 4. The molecule has 3 aromatic rings. The van der Waals surface area contributed by atoms with Crippen LogP contribution in [0.15, 0.2) is 53.3 Å². The van der Waals surface area contributed by atoms with Gasteiger partial charge in [0, 0.05) is 29.9 Å². The minimum atomic E-state index is -4.55. The highest BCUT2D eigenvalue weighted by Gasteiger charge is 2.30. The number of hydrogen-bond donors (Lipinski definition) is 1. The molecule has 2 heterocycles. The van der Waals surface area contributed by atoms with E-state index in [0.29, 0.717) is 42.7 Å². The number of aromatic nitrogens is 2. The van der Waals surface area contributed by atoms with E-state index in [1.165, 1.54) is 19.1 Å². The fourth-order valence-corrected chi connectivity index (χ4v) is 3.82. The number of morpholine rings is 1. The van der Waals surface area contributed by atoms with Gasteiger partial charge < -0.3 is 15.0 Å². The molecule has 1 aliphatic rings. The Bertz CT molecular complexity index is 1290. The second-order valence-corrected chi connectivity index (χ2v) is 8.11. The van der Waals surface area contributed by atoms with Crippen molar-refractivity contribution in [2.75, 3.05) is 36.5 Å². The number of alkyl halides is 3. The van der Waals surface area contributed by atoms with Gasteiger partial charge in [-0.25, -0.2) is 4.68 Å². The smallest absolute Gasteiger partial charge is 0.378 e. The van der Waals surface area contributed by atoms with Crippen LogP contribution in [0, 0.1) is 6.92 Å². The molecule has 1 amide bonds. The van der Waals surface area contributed by atoms with Gasteiger partial charge in [0.25, 0.3) is 5.91 Å². The van der Waals surface area contributed by atoms with E-state index in [9.17, 15) is 22.8 Å². The van der Waals surface area contributed by atoms with E-state index < -0.39 is 28.8 Å². The van der Waals surface area contributed by atoms with Crippen molar-refractivity contribution in [3.63, 3.8) is 0 Å². The highest BCUT2D eigenvalue weighted by atomic mass is 35.5. The Morgan fingerprint density at radius 2 is 1.85 bits per heavy atom. The third-order valence-corrected chi connectivity index (χ3v) is 5.53. The van der Waals surface area contributed by atoms with E-state index in [0.717, 1.165) is 22.9 Å². The van der Waals surface area contributed by atoms with Crippen molar-refractivity contribution in [1.29, 1.82) is 0 Å². The molecule has 34 heavy (non-hydrogen) atoms. The summed E-state index contributed by atoms with van der Waals surface area (Å²) in [5.74, 6) is -0.803. The molecule has 7 nitrogen and oxygen atoms in total. The zero-order valence-electron chi connectivity index (χ0n) is 18.0. The Balaban J connectivity index is 1.70. The maximum absolute atomic E-state index is 13.2. The number of aryl methyl sites for hydroxylation is 1. The van der Waals surface area contributed by atoms with Gasteiger partial charge in [-0.2, -0.15) is 18.3 Å². The van der Waals surface area contributed by atoms with Crippen LogP contribution < -0.4 is 15.6 Å². The molecular formula is C23H20ClF3N4O3. The summed E-state index contributed by atoms with van der Waals surface area (Å²) in [4.78, 5) is 27.6. The van der Waals surface area contributed by atoms with Crippen molar-refractivity contribution >= 4 is 28.9 Å². The van der Waals surface area contributed by atoms with Crippen molar-refractivity contribution in [2.24, 2.45) is 0 Å². The molecule has 1 saturated heterocycles. The van der Waals surface area contributed by atoms with E-state index in [4.69, 9.17) is 16.3 Å². The first-order chi connectivity index (χ1) is 16.1. The van der Waals surface area contributed by atoms with Gasteiger partial charge in [0.2, 0.25) is 5.43 Å². The standard InChI is InChI=1S/C23H20ClF3N4O3/c1-14-11-20(32)21(29-31(14)17-4-2-3-15(12-17)23(25,26)27)22(33)28-18-13-16(24)5-6-19(18)30-7-9-34-10-8-30/h2-6,11-13H,7-10H2,1H3,(H,28,33). The van der Waals surface area contributed by atoms with Crippen LogP contribution in [-0.4, -0.2) is 42.0 Å².